The normalized spacial score (nSPS) is 28.4. The molecule has 5 nitrogen and oxygen atoms in total. The van der Waals surface area contributed by atoms with Gasteiger partial charge in [0, 0.05) is 25.4 Å². The van der Waals surface area contributed by atoms with Gasteiger partial charge in [0.2, 0.25) is 5.91 Å². The third kappa shape index (κ3) is 2.89. The number of nitrogens with zero attached hydrogens (tertiary/aromatic N) is 2. The van der Waals surface area contributed by atoms with Crippen molar-refractivity contribution in [2.45, 2.75) is 37.6 Å². The van der Waals surface area contributed by atoms with Crippen LogP contribution in [-0.2, 0) is 4.79 Å². The predicted octanol–water partition coefficient (Wildman–Crippen LogP) is 1.29. The number of carbonyl (C=O) groups excluding carboxylic acids is 1. The third-order valence-corrected chi connectivity index (χ3v) is 3.32. The molecule has 0 aromatic rings. The lowest BCUT2D eigenvalue weighted by Crippen LogP contribution is -2.53. The molecule has 1 amide bonds. The SMILES string of the molecule is O=NN1CCCC(C(=O)NC2CC(F)(F)C2)C1. The molecule has 0 spiro atoms. The molecule has 1 saturated carbocycles. The first-order valence-electron chi connectivity index (χ1n) is 5.76. The summed E-state index contributed by atoms with van der Waals surface area (Å²) < 4.78 is 25.2. The van der Waals surface area contributed by atoms with Gasteiger partial charge in [0.05, 0.1) is 17.7 Å². The Morgan fingerprint density at radius 3 is 2.71 bits per heavy atom. The number of rotatable bonds is 3. The van der Waals surface area contributed by atoms with Crippen molar-refractivity contribution < 1.29 is 13.6 Å². The highest BCUT2D eigenvalue weighted by Crippen LogP contribution is 2.37. The first kappa shape index (κ1) is 12.2. The van der Waals surface area contributed by atoms with E-state index in [0.717, 1.165) is 6.42 Å². The summed E-state index contributed by atoms with van der Waals surface area (Å²) in [6.07, 6.45) is 0.855. The lowest BCUT2D eigenvalue weighted by molar-refractivity contribution is -0.134. The van der Waals surface area contributed by atoms with Crippen molar-refractivity contribution in [1.82, 2.24) is 10.3 Å². The van der Waals surface area contributed by atoms with Crippen LogP contribution in [-0.4, -0.2) is 36.0 Å². The molecular formula is C10H15F2N3O2. The van der Waals surface area contributed by atoms with Gasteiger partial charge >= 0.3 is 0 Å². The van der Waals surface area contributed by atoms with Gasteiger partial charge in [-0.2, -0.15) is 0 Å². The van der Waals surface area contributed by atoms with E-state index >= 15 is 0 Å². The highest BCUT2D eigenvalue weighted by molar-refractivity contribution is 5.79. The van der Waals surface area contributed by atoms with Crippen LogP contribution in [0.2, 0.25) is 0 Å². The van der Waals surface area contributed by atoms with E-state index in [0.29, 0.717) is 19.5 Å². The number of alkyl halides is 2. The fourth-order valence-electron chi connectivity index (χ4n) is 2.33. The van der Waals surface area contributed by atoms with Crippen molar-refractivity contribution in [3.8, 4) is 0 Å². The van der Waals surface area contributed by atoms with Crippen LogP contribution in [0.1, 0.15) is 25.7 Å². The van der Waals surface area contributed by atoms with E-state index in [1.807, 2.05) is 0 Å². The average molecular weight is 247 g/mol. The van der Waals surface area contributed by atoms with Gasteiger partial charge in [0.1, 0.15) is 0 Å². The Hall–Kier alpha value is -1.27. The minimum absolute atomic E-state index is 0.237. The number of halogens is 2. The molecule has 17 heavy (non-hydrogen) atoms. The first-order valence-corrected chi connectivity index (χ1v) is 5.76. The molecule has 1 aliphatic carbocycles. The highest BCUT2D eigenvalue weighted by Gasteiger charge is 2.46. The number of hydrogen-bond acceptors (Lipinski definition) is 3. The maximum atomic E-state index is 12.6. The maximum absolute atomic E-state index is 12.6. The van der Waals surface area contributed by atoms with Crippen molar-refractivity contribution in [2.24, 2.45) is 11.2 Å². The molecule has 0 radical (unpaired) electrons. The van der Waals surface area contributed by atoms with Gasteiger partial charge in [0.15, 0.2) is 0 Å². The molecule has 1 heterocycles. The van der Waals surface area contributed by atoms with Crippen LogP contribution < -0.4 is 5.32 Å². The third-order valence-electron chi connectivity index (χ3n) is 3.32. The Bertz CT molecular complexity index is 317. The van der Waals surface area contributed by atoms with Gasteiger partial charge in [-0.15, -0.1) is 4.91 Å². The molecule has 1 saturated heterocycles. The van der Waals surface area contributed by atoms with E-state index in [1.54, 1.807) is 0 Å². The fraction of sp³-hybridized carbons (Fsp3) is 0.900. The van der Waals surface area contributed by atoms with E-state index < -0.39 is 12.0 Å². The topological polar surface area (TPSA) is 61.8 Å². The van der Waals surface area contributed by atoms with Gasteiger partial charge in [-0.05, 0) is 12.8 Å². The van der Waals surface area contributed by atoms with Crippen molar-refractivity contribution in [2.75, 3.05) is 13.1 Å². The number of nitrogens with one attached hydrogen (secondary N) is 1. The summed E-state index contributed by atoms with van der Waals surface area (Å²) in [6.45, 7) is 0.854. The van der Waals surface area contributed by atoms with Gasteiger partial charge in [0.25, 0.3) is 5.92 Å². The van der Waals surface area contributed by atoms with Crippen LogP contribution in [0.25, 0.3) is 0 Å². The van der Waals surface area contributed by atoms with Crippen molar-refractivity contribution in [3.05, 3.63) is 4.91 Å². The van der Waals surface area contributed by atoms with Crippen LogP contribution in [0.5, 0.6) is 0 Å². The monoisotopic (exact) mass is 247 g/mol. The van der Waals surface area contributed by atoms with Crippen LogP contribution in [0.4, 0.5) is 8.78 Å². The van der Waals surface area contributed by atoms with E-state index in [-0.39, 0.29) is 24.7 Å². The number of carbonyl (C=O) groups is 1. The quantitative estimate of drug-likeness (QED) is 0.764. The second-order valence-corrected chi connectivity index (χ2v) is 4.80. The maximum Gasteiger partial charge on any atom is 0.252 e. The lowest BCUT2D eigenvalue weighted by atomic mass is 9.87. The van der Waals surface area contributed by atoms with Gasteiger partial charge in [-0.3, -0.25) is 9.80 Å². The molecule has 1 N–H and O–H groups in total. The number of piperidine rings is 1. The number of hydrogen-bond donors (Lipinski definition) is 1. The predicted molar refractivity (Wildman–Crippen MR) is 56.2 cm³/mol. The standard InChI is InChI=1S/C10H15F2N3O2/c11-10(12)4-8(5-10)13-9(16)7-2-1-3-15(6-7)14-17/h7-8H,1-6H2,(H,13,16). The Labute approximate surface area is 97.5 Å². The average Bonchev–Trinajstić information content (AvgIpc) is 2.26. The molecule has 1 unspecified atom stereocenters. The summed E-state index contributed by atoms with van der Waals surface area (Å²) >= 11 is 0. The minimum atomic E-state index is -2.62. The van der Waals surface area contributed by atoms with E-state index in [9.17, 15) is 18.5 Å². The molecule has 1 atom stereocenters. The lowest BCUT2D eigenvalue weighted by Gasteiger charge is -2.37. The van der Waals surface area contributed by atoms with Crippen LogP contribution in [0.15, 0.2) is 5.29 Å². The fourth-order valence-corrected chi connectivity index (χ4v) is 2.33. The van der Waals surface area contributed by atoms with Gasteiger partial charge in [-0.25, -0.2) is 8.78 Å². The molecule has 7 heteroatoms. The Morgan fingerprint density at radius 1 is 1.41 bits per heavy atom. The molecule has 0 aromatic heterocycles. The summed E-state index contributed by atoms with van der Waals surface area (Å²) in [5, 5.41) is 6.71. The zero-order valence-corrected chi connectivity index (χ0v) is 9.36. The molecule has 1 aliphatic heterocycles. The number of nitroso groups, excluding NO2 is 1. The molecule has 2 rings (SSSR count). The summed E-state index contributed by atoms with van der Waals surface area (Å²) in [6, 6.07) is -0.419. The second kappa shape index (κ2) is 4.54. The van der Waals surface area contributed by atoms with Gasteiger partial charge < -0.3 is 5.32 Å². The molecule has 0 bridgehead atoms. The molecule has 2 aliphatic rings. The highest BCUT2D eigenvalue weighted by atomic mass is 19.3. The van der Waals surface area contributed by atoms with Crippen molar-refractivity contribution >= 4 is 5.91 Å². The molecule has 0 aromatic carbocycles. The smallest absolute Gasteiger partial charge is 0.252 e. The molecule has 2 fully saturated rings. The van der Waals surface area contributed by atoms with Crippen molar-refractivity contribution in [1.29, 1.82) is 0 Å². The minimum Gasteiger partial charge on any atom is -0.353 e. The zero-order chi connectivity index (χ0) is 12.5. The second-order valence-electron chi connectivity index (χ2n) is 4.80. The number of amides is 1. The van der Waals surface area contributed by atoms with Crippen molar-refractivity contribution in [3.63, 3.8) is 0 Å². The summed E-state index contributed by atoms with van der Waals surface area (Å²) in [5.74, 6) is -3.17. The molecular weight excluding hydrogens is 232 g/mol. The summed E-state index contributed by atoms with van der Waals surface area (Å²) in [5.41, 5.74) is 0. The first-order chi connectivity index (χ1) is 8.00. The summed E-state index contributed by atoms with van der Waals surface area (Å²) in [7, 11) is 0. The largest absolute Gasteiger partial charge is 0.353 e. The van der Waals surface area contributed by atoms with Gasteiger partial charge in [-0.1, -0.05) is 0 Å². The van der Waals surface area contributed by atoms with E-state index in [1.165, 1.54) is 5.01 Å². The zero-order valence-electron chi connectivity index (χ0n) is 9.36. The Morgan fingerprint density at radius 2 is 2.12 bits per heavy atom. The Balaban J connectivity index is 1.78. The Kier molecular flexibility index (Phi) is 3.26. The molecule has 96 valence electrons. The van der Waals surface area contributed by atoms with E-state index in [2.05, 4.69) is 10.6 Å². The summed E-state index contributed by atoms with van der Waals surface area (Å²) in [4.78, 5) is 22.1. The van der Waals surface area contributed by atoms with Crippen LogP contribution >= 0.6 is 0 Å². The van der Waals surface area contributed by atoms with Crippen LogP contribution in [0.3, 0.4) is 0 Å². The van der Waals surface area contributed by atoms with Crippen LogP contribution in [0, 0.1) is 10.8 Å². The van der Waals surface area contributed by atoms with E-state index in [4.69, 9.17) is 0 Å².